The Morgan fingerprint density at radius 3 is 2.60 bits per heavy atom. The molecule has 1 unspecified atom stereocenters. The predicted octanol–water partition coefficient (Wildman–Crippen LogP) is 1.45. The third-order valence-electron chi connectivity index (χ3n) is 2.58. The molecule has 0 bridgehead atoms. The second-order valence-corrected chi connectivity index (χ2v) is 3.92. The van der Waals surface area contributed by atoms with Gasteiger partial charge in [-0.3, -0.25) is 10.3 Å². The van der Waals surface area contributed by atoms with E-state index in [4.69, 9.17) is 15.9 Å². The number of methoxy groups -OCH3 is 1. The first-order valence-electron chi connectivity index (χ1n) is 5.67. The molecule has 0 saturated heterocycles. The van der Waals surface area contributed by atoms with E-state index in [2.05, 4.69) is 18.7 Å². The van der Waals surface area contributed by atoms with Gasteiger partial charge in [0, 0.05) is 19.6 Å². The van der Waals surface area contributed by atoms with E-state index in [9.17, 15) is 0 Å². The first-order chi connectivity index (χ1) is 7.11. The van der Waals surface area contributed by atoms with Crippen molar-refractivity contribution in [3.05, 3.63) is 0 Å². The van der Waals surface area contributed by atoms with Gasteiger partial charge < -0.3 is 10.5 Å². The molecule has 0 aliphatic heterocycles. The summed E-state index contributed by atoms with van der Waals surface area (Å²) in [6, 6.07) is 0.470. The van der Waals surface area contributed by atoms with Gasteiger partial charge in [-0.2, -0.15) is 0 Å². The largest absolute Gasteiger partial charge is 0.388 e. The molecular formula is C11H25N3O. The predicted molar refractivity (Wildman–Crippen MR) is 64.4 cm³/mol. The van der Waals surface area contributed by atoms with Crippen molar-refractivity contribution >= 4 is 5.84 Å². The fourth-order valence-electron chi connectivity index (χ4n) is 1.67. The number of hydrogen-bond donors (Lipinski definition) is 2. The van der Waals surface area contributed by atoms with E-state index < -0.39 is 0 Å². The zero-order chi connectivity index (χ0) is 11.7. The zero-order valence-electron chi connectivity index (χ0n) is 10.3. The highest BCUT2D eigenvalue weighted by atomic mass is 16.5. The average Bonchev–Trinajstić information content (AvgIpc) is 2.17. The minimum Gasteiger partial charge on any atom is -0.388 e. The molecule has 4 heteroatoms. The second-order valence-electron chi connectivity index (χ2n) is 3.92. The molecule has 0 aliphatic rings. The van der Waals surface area contributed by atoms with Gasteiger partial charge in [-0.25, -0.2) is 0 Å². The van der Waals surface area contributed by atoms with E-state index in [0.717, 1.165) is 39.0 Å². The number of nitrogens with two attached hydrogens (primary N) is 1. The topological polar surface area (TPSA) is 62.3 Å². The number of amidine groups is 1. The van der Waals surface area contributed by atoms with Crippen LogP contribution < -0.4 is 5.73 Å². The molecule has 4 nitrogen and oxygen atoms in total. The fourth-order valence-corrected chi connectivity index (χ4v) is 1.67. The van der Waals surface area contributed by atoms with E-state index >= 15 is 0 Å². The smallest absolute Gasteiger partial charge is 0.0905 e. The summed E-state index contributed by atoms with van der Waals surface area (Å²) >= 11 is 0. The van der Waals surface area contributed by atoms with Gasteiger partial charge in [-0.1, -0.05) is 6.92 Å². The van der Waals surface area contributed by atoms with Crippen LogP contribution in [0.25, 0.3) is 0 Å². The standard InChI is InChI=1S/C11H25N3O/c1-4-14(10(2)9-15-3)8-6-5-7-11(12)13/h10H,4-9H2,1-3H3,(H3,12,13). The van der Waals surface area contributed by atoms with Crippen molar-refractivity contribution in [3.63, 3.8) is 0 Å². The number of unbranched alkanes of at least 4 members (excludes halogenated alkanes) is 1. The minimum absolute atomic E-state index is 0.294. The number of rotatable bonds is 9. The summed E-state index contributed by atoms with van der Waals surface area (Å²) in [4.78, 5) is 2.39. The summed E-state index contributed by atoms with van der Waals surface area (Å²) in [5.74, 6) is 0.294. The number of ether oxygens (including phenoxy) is 1. The van der Waals surface area contributed by atoms with Gasteiger partial charge in [-0.05, 0) is 32.9 Å². The van der Waals surface area contributed by atoms with Crippen LogP contribution in [0.4, 0.5) is 0 Å². The lowest BCUT2D eigenvalue weighted by atomic mass is 10.2. The van der Waals surface area contributed by atoms with Crippen LogP contribution in [0.15, 0.2) is 0 Å². The molecule has 1 atom stereocenters. The molecule has 0 rings (SSSR count). The normalized spacial score (nSPS) is 13.1. The Bertz CT molecular complexity index is 173. The van der Waals surface area contributed by atoms with Gasteiger partial charge in [0.05, 0.1) is 12.4 Å². The molecule has 0 aromatic carbocycles. The monoisotopic (exact) mass is 215 g/mol. The van der Waals surface area contributed by atoms with Crippen LogP contribution in [-0.4, -0.2) is 43.6 Å². The van der Waals surface area contributed by atoms with Crippen LogP contribution in [0.5, 0.6) is 0 Å². The lowest BCUT2D eigenvalue weighted by molar-refractivity contribution is 0.102. The van der Waals surface area contributed by atoms with E-state index in [1.807, 2.05) is 0 Å². The summed E-state index contributed by atoms with van der Waals surface area (Å²) in [5.41, 5.74) is 5.30. The van der Waals surface area contributed by atoms with Crippen LogP contribution in [-0.2, 0) is 4.74 Å². The molecule has 0 heterocycles. The third kappa shape index (κ3) is 7.33. The van der Waals surface area contributed by atoms with Gasteiger partial charge in [0.25, 0.3) is 0 Å². The van der Waals surface area contributed by atoms with Crippen LogP contribution in [0.1, 0.15) is 33.1 Å². The maximum atomic E-state index is 7.12. The van der Waals surface area contributed by atoms with E-state index in [0.29, 0.717) is 11.9 Å². The molecule has 0 aliphatic carbocycles. The van der Waals surface area contributed by atoms with Gasteiger partial charge in [0.15, 0.2) is 0 Å². The summed E-state index contributed by atoms with van der Waals surface area (Å²) in [7, 11) is 1.74. The summed E-state index contributed by atoms with van der Waals surface area (Å²) < 4.78 is 5.14. The number of likely N-dealkylation sites (N-methyl/N-ethyl adjacent to an activating group) is 1. The fraction of sp³-hybridized carbons (Fsp3) is 0.909. The molecule has 3 N–H and O–H groups in total. The molecule has 0 aromatic heterocycles. The lowest BCUT2D eigenvalue weighted by Crippen LogP contribution is -2.36. The summed E-state index contributed by atoms with van der Waals surface area (Å²) in [6.45, 7) is 7.23. The maximum Gasteiger partial charge on any atom is 0.0905 e. The Morgan fingerprint density at radius 2 is 2.13 bits per heavy atom. The van der Waals surface area contributed by atoms with Gasteiger partial charge >= 0.3 is 0 Å². The molecule has 0 fully saturated rings. The highest BCUT2D eigenvalue weighted by Gasteiger charge is 2.10. The van der Waals surface area contributed by atoms with Crippen LogP contribution >= 0.6 is 0 Å². The van der Waals surface area contributed by atoms with Crippen LogP contribution in [0.2, 0.25) is 0 Å². The quantitative estimate of drug-likeness (QED) is 0.347. The Kier molecular flexibility index (Phi) is 8.33. The van der Waals surface area contributed by atoms with Crippen molar-refractivity contribution in [2.75, 3.05) is 26.8 Å². The molecule has 0 radical (unpaired) electrons. The third-order valence-corrected chi connectivity index (χ3v) is 2.58. The highest BCUT2D eigenvalue weighted by Crippen LogP contribution is 2.03. The molecule has 0 saturated carbocycles. The Hall–Kier alpha value is -0.610. The minimum atomic E-state index is 0.294. The number of nitrogens with zero attached hydrogens (tertiary/aromatic N) is 1. The first-order valence-corrected chi connectivity index (χ1v) is 5.67. The van der Waals surface area contributed by atoms with E-state index in [1.165, 1.54) is 0 Å². The average molecular weight is 215 g/mol. The maximum absolute atomic E-state index is 7.12. The van der Waals surface area contributed by atoms with Crippen molar-refractivity contribution in [3.8, 4) is 0 Å². The SMILES string of the molecule is CCN(CCCCC(=N)N)C(C)COC. The summed E-state index contributed by atoms with van der Waals surface area (Å²) in [6.07, 6.45) is 2.82. The van der Waals surface area contributed by atoms with E-state index in [-0.39, 0.29) is 0 Å². The lowest BCUT2D eigenvalue weighted by Gasteiger charge is -2.27. The Morgan fingerprint density at radius 1 is 1.47 bits per heavy atom. The van der Waals surface area contributed by atoms with Gasteiger partial charge in [-0.15, -0.1) is 0 Å². The molecule has 0 amide bonds. The van der Waals surface area contributed by atoms with Gasteiger partial charge in [0.2, 0.25) is 0 Å². The zero-order valence-corrected chi connectivity index (χ0v) is 10.3. The number of nitrogens with one attached hydrogen (secondary N) is 1. The van der Waals surface area contributed by atoms with Crippen molar-refractivity contribution in [1.29, 1.82) is 5.41 Å². The first kappa shape index (κ1) is 14.4. The molecular weight excluding hydrogens is 190 g/mol. The van der Waals surface area contributed by atoms with Crippen molar-refractivity contribution in [2.24, 2.45) is 5.73 Å². The molecule has 90 valence electrons. The van der Waals surface area contributed by atoms with Crippen molar-refractivity contribution in [2.45, 2.75) is 39.2 Å². The van der Waals surface area contributed by atoms with E-state index in [1.54, 1.807) is 7.11 Å². The number of hydrogen-bond acceptors (Lipinski definition) is 3. The Balaban J connectivity index is 3.65. The van der Waals surface area contributed by atoms with Crippen molar-refractivity contribution in [1.82, 2.24) is 4.90 Å². The Labute approximate surface area is 93.3 Å². The van der Waals surface area contributed by atoms with Crippen LogP contribution in [0, 0.1) is 5.41 Å². The molecule has 15 heavy (non-hydrogen) atoms. The molecule has 0 spiro atoms. The van der Waals surface area contributed by atoms with Crippen LogP contribution in [0.3, 0.4) is 0 Å². The van der Waals surface area contributed by atoms with Gasteiger partial charge in [0.1, 0.15) is 0 Å². The molecule has 0 aromatic rings. The van der Waals surface area contributed by atoms with Crippen molar-refractivity contribution < 1.29 is 4.74 Å². The summed E-state index contributed by atoms with van der Waals surface area (Å²) in [5, 5.41) is 7.12. The second kappa shape index (κ2) is 8.68. The highest BCUT2D eigenvalue weighted by molar-refractivity contribution is 5.76.